The number of hydrogen-bond acceptors (Lipinski definition) is 9. The fourth-order valence-corrected chi connectivity index (χ4v) is 3.24. The molecule has 2 N–H and O–H groups in total. The Balaban J connectivity index is 1.37. The number of fused-ring (bicyclic) bond motifs is 1. The summed E-state index contributed by atoms with van der Waals surface area (Å²) < 4.78 is 10.1. The number of carbonyl (C=O) groups is 1. The third-order valence-corrected chi connectivity index (χ3v) is 5.17. The van der Waals surface area contributed by atoms with Crippen LogP contribution < -0.4 is 15.4 Å². The van der Waals surface area contributed by atoms with E-state index in [1.54, 1.807) is 32.6 Å². The second kappa shape index (κ2) is 9.90. The molecule has 3 heterocycles. The SMILES string of the molecule is COC(=O)C(C)c1cnc(NCc2ccc(Nc3ccc4ccnc(OC)c4n3)cc2)nc1. The van der Waals surface area contributed by atoms with Gasteiger partial charge < -0.3 is 20.1 Å². The summed E-state index contributed by atoms with van der Waals surface area (Å²) in [5, 5.41) is 7.44. The van der Waals surface area contributed by atoms with Crippen LogP contribution in [0.1, 0.15) is 24.0 Å². The molecule has 0 spiro atoms. The monoisotopic (exact) mass is 444 g/mol. The Kier molecular flexibility index (Phi) is 6.58. The zero-order valence-corrected chi connectivity index (χ0v) is 18.6. The average molecular weight is 444 g/mol. The number of rotatable bonds is 8. The number of esters is 1. The summed E-state index contributed by atoms with van der Waals surface area (Å²) in [5.41, 5.74) is 3.38. The third kappa shape index (κ3) is 5.15. The molecule has 0 radical (unpaired) electrons. The maximum atomic E-state index is 11.6. The van der Waals surface area contributed by atoms with Crippen LogP contribution in [-0.2, 0) is 16.1 Å². The molecule has 1 aromatic carbocycles. The van der Waals surface area contributed by atoms with Gasteiger partial charge in [-0.05, 0) is 42.8 Å². The van der Waals surface area contributed by atoms with Crippen LogP contribution in [0.3, 0.4) is 0 Å². The van der Waals surface area contributed by atoms with Crippen LogP contribution in [0.15, 0.2) is 61.1 Å². The highest BCUT2D eigenvalue weighted by Gasteiger charge is 2.16. The number of hydrogen-bond donors (Lipinski definition) is 2. The Morgan fingerprint density at radius 3 is 2.45 bits per heavy atom. The van der Waals surface area contributed by atoms with Crippen LogP contribution in [0.2, 0.25) is 0 Å². The Hall–Kier alpha value is -4.27. The van der Waals surface area contributed by atoms with Crippen molar-refractivity contribution in [1.82, 2.24) is 19.9 Å². The number of nitrogens with zero attached hydrogens (tertiary/aromatic N) is 4. The van der Waals surface area contributed by atoms with Crippen LogP contribution in [0.25, 0.3) is 10.9 Å². The molecule has 1 atom stereocenters. The van der Waals surface area contributed by atoms with E-state index >= 15 is 0 Å². The van der Waals surface area contributed by atoms with Gasteiger partial charge in [0, 0.05) is 41.8 Å². The quantitative estimate of drug-likeness (QED) is 0.389. The fraction of sp³-hybridized carbons (Fsp3) is 0.208. The Morgan fingerprint density at radius 2 is 1.76 bits per heavy atom. The standard InChI is InChI=1S/C24H24N6O3/c1-15(23(31)33-3)18-13-27-24(28-14-18)26-12-16-4-7-19(8-5-16)29-20-9-6-17-10-11-25-22(32-2)21(17)30-20/h4-11,13-15H,12H2,1-3H3,(H,29,30)(H,26,27,28). The third-order valence-electron chi connectivity index (χ3n) is 5.17. The Morgan fingerprint density at radius 1 is 1.00 bits per heavy atom. The van der Waals surface area contributed by atoms with Gasteiger partial charge in [-0.25, -0.2) is 19.9 Å². The molecule has 1 unspecified atom stereocenters. The first-order valence-corrected chi connectivity index (χ1v) is 10.4. The van der Waals surface area contributed by atoms with Gasteiger partial charge in [-0.2, -0.15) is 0 Å². The number of benzene rings is 1. The zero-order chi connectivity index (χ0) is 23.2. The van der Waals surface area contributed by atoms with Gasteiger partial charge in [-0.15, -0.1) is 0 Å². The predicted molar refractivity (Wildman–Crippen MR) is 126 cm³/mol. The number of pyridine rings is 2. The summed E-state index contributed by atoms with van der Waals surface area (Å²) in [4.78, 5) is 29.0. The molecule has 9 heteroatoms. The molecular weight excluding hydrogens is 420 g/mol. The van der Waals surface area contributed by atoms with E-state index in [4.69, 9.17) is 9.47 Å². The molecule has 4 rings (SSSR count). The van der Waals surface area contributed by atoms with E-state index in [-0.39, 0.29) is 5.97 Å². The second-order valence-electron chi connectivity index (χ2n) is 7.35. The molecule has 9 nitrogen and oxygen atoms in total. The van der Waals surface area contributed by atoms with E-state index in [1.165, 1.54) is 7.11 Å². The van der Waals surface area contributed by atoms with Crippen molar-refractivity contribution in [3.63, 3.8) is 0 Å². The van der Waals surface area contributed by atoms with Gasteiger partial charge in [-0.1, -0.05) is 12.1 Å². The van der Waals surface area contributed by atoms with E-state index in [9.17, 15) is 4.79 Å². The van der Waals surface area contributed by atoms with Crippen molar-refractivity contribution in [3.05, 3.63) is 72.2 Å². The van der Waals surface area contributed by atoms with Crippen molar-refractivity contribution in [2.45, 2.75) is 19.4 Å². The molecule has 33 heavy (non-hydrogen) atoms. The molecule has 0 bridgehead atoms. The van der Waals surface area contributed by atoms with Gasteiger partial charge >= 0.3 is 5.97 Å². The van der Waals surface area contributed by atoms with Crippen molar-refractivity contribution in [1.29, 1.82) is 0 Å². The van der Waals surface area contributed by atoms with Gasteiger partial charge in [0.15, 0.2) is 0 Å². The normalized spacial score (nSPS) is 11.6. The maximum absolute atomic E-state index is 11.6. The summed E-state index contributed by atoms with van der Waals surface area (Å²) >= 11 is 0. The molecule has 168 valence electrons. The van der Waals surface area contributed by atoms with Crippen LogP contribution in [-0.4, -0.2) is 40.1 Å². The molecule has 0 aliphatic carbocycles. The van der Waals surface area contributed by atoms with E-state index < -0.39 is 5.92 Å². The van der Waals surface area contributed by atoms with Crippen LogP contribution in [0, 0.1) is 0 Å². The molecule has 0 aliphatic heterocycles. The topological polar surface area (TPSA) is 111 Å². The van der Waals surface area contributed by atoms with Crippen molar-refractivity contribution in [2.24, 2.45) is 0 Å². The largest absolute Gasteiger partial charge is 0.479 e. The van der Waals surface area contributed by atoms with Crippen molar-refractivity contribution in [3.8, 4) is 5.88 Å². The summed E-state index contributed by atoms with van der Waals surface area (Å²) in [6, 6.07) is 13.8. The molecule has 3 aromatic heterocycles. The Labute approximate surface area is 191 Å². The van der Waals surface area contributed by atoms with Gasteiger partial charge in [0.25, 0.3) is 0 Å². The number of aromatic nitrogens is 4. The molecule has 4 aromatic rings. The molecule has 0 amide bonds. The maximum Gasteiger partial charge on any atom is 0.312 e. The van der Waals surface area contributed by atoms with E-state index in [0.29, 0.717) is 35.3 Å². The number of methoxy groups -OCH3 is 2. The van der Waals surface area contributed by atoms with E-state index in [1.807, 2.05) is 42.5 Å². The highest BCUT2D eigenvalue weighted by molar-refractivity contribution is 5.84. The lowest BCUT2D eigenvalue weighted by molar-refractivity contribution is -0.142. The number of anilines is 3. The second-order valence-corrected chi connectivity index (χ2v) is 7.35. The van der Waals surface area contributed by atoms with Crippen molar-refractivity contribution < 1.29 is 14.3 Å². The zero-order valence-electron chi connectivity index (χ0n) is 18.6. The number of ether oxygens (including phenoxy) is 2. The van der Waals surface area contributed by atoms with Crippen LogP contribution in [0.5, 0.6) is 5.88 Å². The minimum Gasteiger partial charge on any atom is -0.479 e. The lowest BCUT2D eigenvalue weighted by Crippen LogP contribution is -2.12. The summed E-state index contributed by atoms with van der Waals surface area (Å²) in [5.74, 6) is 0.962. The first-order chi connectivity index (χ1) is 16.1. The highest BCUT2D eigenvalue weighted by Crippen LogP contribution is 2.24. The molecule has 0 saturated carbocycles. The van der Waals surface area contributed by atoms with Gasteiger partial charge in [-0.3, -0.25) is 4.79 Å². The van der Waals surface area contributed by atoms with Gasteiger partial charge in [0.05, 0.1) is 20.1 Å². The molecule has 0 fully saturated rings. The lowest BCUT2D eigenvalue weighted by Gasteiger charge is -2.11. The number of carbonyl (C=O) groups excluding carboxylic acids is 1. The molecular formula is C24H24N6O3. The van der Waals surface area contributed by atoms with Gasteiger partial charge in [0.1, 0.15) is 11.3 Å². The minimum atomic E-state index is -0.404. The van der Waals surface area contributed by atoms with Crippen molar-refractivity contribution >= 4 is 34.3 Å². The number of nitrogens with one attached hydrogen (secondary N) is 2. The fourth-order valence-electron chi connectivity index (χ4n) is 3.24. The highest BCUT2D eigenvalue weighted by atomic mass is 16.5. The lowest BCUT2D eigenvalue weighted by atomic mass is 10.1. The summed E-state index contributed by atoms with van der Waals surface area (Å²) in [6.07, 6.45) is 4.96. The van der Waals surface area contributed by atoms with Crippen LogP contribution in [0.4, 0.5) is 17.5 Å². The summed E-state index contributed by atoms with van der Waals surface area (Å²) in [6.45, 7) is 2.32. The smallest absolute Gasteiger partial charge is 0.312 e. The predicted octanol–water partition coefficient (Wildman–Crippen LogP) is 4.06. The van der Waals surface area contributed by atoms with Gasteiger partial charge in [0.2, 0.25) is 11.8 Å². The van der Waals surface area contributed by atoms with E-state index in [0.717, 1.165) is 16.6 Å². The first kappa shape index (κ1) is 21.9. The van der Waals surface area contributed by atoms with Crippen molar-refractivity contribution in [2.75, 3.05) is 24.9 Å². The Bertz CT molecular complexity index is 1250. The average Bonchev–Trinajstić information content (AvgIpc) is 2.87. The minimum absolute atomic E-state index is 0.317. The first-order valence-electron chi connectivity index (χ1n) is 10.4. The van der Waals surface area contributed by atoms with E-state index in [2.05, 4.69) is 30.6 Å². The van der Waals surface area contributed by atoms with Crippen LogP contribution >= 0.6 is 0 Å². The molecule has 0 aliphatic rings. The summed E-state index contributed by atoms with van der Waals surface area (Å²) in [7, 11) is 2.95. The molecule has 0 saturated heterocycles.